The Morgan fingerprint density at radius 2 is 1.94 bits per heavy atom. The molecule has 8 heteroatoms. The molecule has 6 nitrogen and oxygen atoms in total. The van der Waals surface area contributed by atoms with E-state index in [1.165, 1.54) is 0 Å². The van der Waals surface area contributed by atoms with Crippen molar-refractivity contribution >= 4 is 35.0 Å². The van der Waals surface area contributed by atoms with Crippen LogP contribution in [0.1, 0.15) is 38.1 Å². The summed E-state index contributed by atoms with van der Waals surface area (Å²) in [5.74, 6) is 1.44. The summed E-state index contributed by atoms with van der Waals surface area (Å²) < 4.78 is 16.9. The Kier molecular flexibility index (Phi) is 9.32. The number of anilines is 1. The number of halogens is 1. The van der Waals surface area contributed by atoms with Gasteiger partial charge in [-0.2, -0.15) is 0 Å². The molecule has 1 heterocycles. The van der Waals surface area contributed by atoms with Crippen molar-refractivity contribution in [2.24, 2.45) is 0 Å². The van der Waals surface area contributed by atoms with Gasteiger partial charge in [0.2, 0.25) is 5.91 Å². The van der Waals surface area contributed by atoms with E-state index in [0.717, 1.165) is 47.2 Å². The minimum absolute atomic E-state index is 0.0342. The standard InChI is InChI=1S/C25H33ClN2O4S/c1-17(2)27(12-14-30-4)11-6-13-32-23-10-8-20(31-5)16-21(23)25-28(18(3)29)22-9-7-19(26)15-24(22)33-25/h7-10,15-17,25H,6,11-14H2,1-5H3. The first-order valence-electron chi connectivity index (χ1n) is 11.2. The summed E-state index contributed by atoms with van der Waals surface area (Å²) in [7, 11) is 3.36. The lowest BCUT2D eigenvalue weighted by Gasteiger charge is -2.27. The molecule has 0 bridgehead atoms. The van der Waals surface area contributed by atoms with E-state index in [0.29, 0.717) is 24.3 Å². The molecule has 0 saturated carbocycles. The number of thioether (sulfide) groups is 1. The van der Waals surface area contributed by atoms with Gasteiger partial charge in [-0.05, 0) is 56.7 Å². The molecule has 0 aliphatic carbocycles. The van der Waals surface area contributed by atoms with Crippen molar-refractivity contribution in [3.8, 4) is 11.5 Å². The van der Waals surface area contributed by atoms with Gasteiger partial charge in [0.1, 0.15) is 16.9 Å². The molecule has 3 rings (SSSR count). The van der Waals surface area contributed by atoms with Gasteiger partial charge in [0.05, 0.1) is 26.0 Å². The third-order valence-corrected chi connectivity index (χ3v) is 7.14. The molecule has 0 aromatic heterocycles. The van der Waals surface area contributed by atoms with E-state index < -0.39 is 0 Å². The van der Waals surface area contributed by atoms with Crippen LogP contribution < -0.4 is 14.4 Å². The molecule has 180 valence electrons. The molecule has 0 radical (unpaired) electrons. The van der Waals surface area contributed by atoms with Crippen LogP contribution in [-0.2, 0) is 9.53 Å². The van der Waals surface area contributed by atoms with Gasteiger partial charge in [-0.3, -0.25) is 14.6 Å². The zero-order valence-electron chi connectivity index (χ0n) is 20.0. The Bertz CT molecular complexity index is 956. The molecule has 1 amide bonds. The Hall–Kier alpha value is -1.93. The second-order valence-electron chi connectivity index (χ2n) is 8.20. The van der Waals surface area contributed by atoms with Crippen molar-refractivity contribution in [2.75, 3.05) is 45.4 Å². The third kappa shape index (κ3) is 6.35. The van der Waals surface area contributed by atoms with E-state index in [9.17, 15) is 4.79 Å². The van der Waals surface area contributed by atoms with Gasteiger partial charge in [0.25, 0.3) is 0 Å². The van der Waals surface area contributed by atoms with Gasteiger partial charge in [0.15, 0.2) is 0 Å². The van der Waals surface area contributed by atoms with Gasteiger partial charge in [-0.25, -0.2) is 0 Å². The summed E-state index contributed by atoms with van der Waals surface area (Å²) in [5.41, 5.74) is 1.77. The monoisotopic (exact) mass is 492 g/mol. The highest BCUT2D eigenvalue weighted by Crippen LogP contribution is 2.54. The highest BCUT2D eigenvalue weighted by Gasteiger charge is 2.36. The fraction of sp³-hybridized carbons (Fsp3) is 0.480. The third-order valence-electron chi connectivity index (χ3n) is 5.64. The Labute approximate surface area is 206 Å². The largest absolute Gasteiger partial charge is 0.497 e. The van der Waals surface area contributed by atoms with Crippen LogP contribution in [0.3, 0.4) is 0 Å². The molecule has 0 saturated heterocycles. The summed E-state index contributed by atoms with van der Waals surface area (Å²) in [6.45, 7) is 9.07. The lowest BCUT2D eigenvalue weighted by Crippen LogP contribution is -2.35. The molecule has 0 N–H and O–H groups in total. The molecule has 0 fully saturated rings. The normalized spacial score (nSPS) is 15.3. The number of rotatable bonds is 11. The number of methoxy groups -OCH3 is 2. The number of hydrogen-bond acceptors (Lipinski definition) is 6. The molecule has 1 atom stereocenters. The fourth-order valence-electron chi connectivity index (χ4n) is 3.88. The number of nitrogens with zero attached hydrogens (tertiary/aromatic N) is 2. The molecule has 33 heavy (non-hydrogen) atoms. The number of benzene rings is 2. The Balaban J connectivity index is 1.78. The molecule has 1 unspecified atom stereocenters. The lowest BCUT2D eigenvalue weighted by molar-refractivity contribution is -0.116. The first-order chi connectivity index (χ1) is 15.8. The average molecular weight is 493 g/mol. The fourth-order valence-corrected chi connectivity index (χ4v) is 5.52. The van der Waals surface area contributed by atoms with E-state index in [-0.39, 0.29) is 11.3 Å². The summed E-state index contributed by atoms with van der Waals surface area (Å²) in [6.07, 6.45) is 0.886. The summed E-state index contributed by atoms with van der Waals surface area (Å²) in [4.78, 5) is 17.8. The number of amides is 1. The Morgan fingerprint density at radius 3 is 2.61 bits per heavy atom. The van der Waals surface area contributed by atoms with Crippen LogP contribution in [0, 0.1) is 0 Å². The summed E-state index contributed by atoms with van der Waals surface area (Å²) in [6, 6.07) is 11.8. The molecule has 1 aliphatic heterocycles. The van der Waals surface area contributed by atoms with Crippen molar-refractivity contribution in [3.05, 3.63) is 47.0 Å². The Morgan fingerprint density at radius 1 is 1.15 bits per heavy atom. The van der Waals surface area contributed by atoms with Gasteiger partial charge in [-0.1, -0.05) is 23.4 Å². The van der Waals surface area contributed by atoms with Crippen LogP contribution in [0.15, 0.2) is 41.3 Å². The van der Waals surface area contributed by atoms with Crippen LogP contribution in [0.2, 0.25) is 5.02 Å². The molecule has 2 aromatic carbocycles. The van der Waals surface area contributed by atoms with E-state index in [1.54, 1.807) is 37.8 Å². The first kappa shape index (κ1) is 25.7. The van der Waals surface area contributed by atoms with E-state index in [4.69, 9.17) is 25.8 Å². The van der Waals surface area contributed by atoms with Gasteiger partial charge >= 0.3 is 0 Å². The molecule has 1 aliphatic rings. The zero-order valence-corrected chi connectivity index (χ0v) is 21.5. The maximum Gasteiger partial charge on any atom is 0.225 e. The summed E-state index contributed by atoms with van der Waals surface area (Å²) >= 11 is 7.81. The maximum atomic E-state index is 12.6. The second-order valence-corrected chi connectivity index (χ2v) is 9.76. The van der Waals surface area contributed by atoms with Crippen molar-refractivity contribution in [2.45, 2.75) is 43.5 Å². The predicted octanol–water partition coefficient (Wildman–Crippen LogP) is 5.63. The average Bonchev–Trinajstić information content (AvgIpc) is 3.17. The number of carbonyl (C=O) groups is 1. The number of carbonyl (C=O) groups excluding carboxylic acids is 1. The SMILES string of the molecule is COCCN(CCCOc1ccc(OC)cc1C1Sc2cc(Cl)ccc2N1C(C)=O)C(C)C. The van der Waals surface area contributed by atoms with Crippen LogP contribution in [0.25, 0.3) is 0 Å². The molecular weight excluding hydrogens is 460 g/mol. The zero-order chi connectivity index (χ0) is 24.0. The second kappa shape index (κ2) is 12.0. The van der Waals surface area contributed by atoms with Crippen molar-refractivity contribution in [1.29, 1.82) is 0 Å². The van der Waals surface area contributed by atoms with Gasteiger partial charge in [0, 0.05) is 48.6 Å². The van der Waals surface area contributed by atoms with Gasteiger partial charge in [-0.15, -0.1) is 0 Å². The molecule has 0 spiro atoms. The van der Waals surface area contributed by atoms with E-state index >= 15 is 0 Å². The highest BCUT2D eigenvalue weighted by atomic mass is 35.5. The minimum atomic E-state index is -0.255. The van der Waals surface area contributed by atoms with Gasteiger partial charge < -0.3 is 14.2 Å². The number of fused-ring (bicyclic) bond motifs is 1. The number of hydrogen-bond donors (Lipinski definition) is 0. The highest BCUT2D eigenvalue weighted by molar-refractivity contribution is 8.00. The molecular formula is C25H33ClN2O4S. The summed E-state index contributed by atoms with van der Waals surface area (Å²) in [5, 5.41) is 0.394. The van der Waals surface area contributed by atoms with Crippen LogP contribution >= 0.6 is 23.4 Å². The maximum absolute atomic E-state index is 12.6. The van der Waals surface area contributed by atoms with Crippen LogP contribution in [0.4, 0.5) is 5.69 Å². The molecule has 2 aromatic rings. The van der Waals surface area contributed by atoms with Crippen LogP contribution in [-0.4, -0.2) is 57.4 Å². The van der Waals surface area contributed by atoms with Crippen molar-refractivity contribution in [1.82, 2.24) is 4.90 Å². The number of ether oxygens (including phenoxy) is 3. The quantitative estimate of drug-likeness (QED) is 0.379. The van der Waals surface area contributed by atoms with Crippen LogP contribution in [0.5, 0.6) is 11.5 Å². The minimum Gasteiger partial charge on any atom is -0.497 e. The van der Waals surface area contributed by atoms with Crippen molar-refractivity contribution < 1.29 is 19.0 Å². The van der Waals surface area contributed by atoms with E-state index in [2.05, 4.69) is 18.7 Å². The van der Waals surface area contributed by atoms with E-state index in [1.807, 2.05) is 36.4 Å². The topological polar surface area (TPSA) is 51.2 Å². The smallest absolute Gasteiger partial charge is 0.225 e. The first-order valence-corrected chi connectivity index (χ1v) is 12.4. The van der Waals surface area contributed by atoms with Crippen molar-refractivity contribution in [3.63, 3.8) is 0 Å². The lowest BCUT2D eigenvalue weighted by atomic mass is 10.1. The predicted molar refractivity (Wildman–Crippen MR) is 135 cm³/mol.